The summed E-state index contributed by atoms with van der Waals surface area (Å²) in [6.07, 6.45) is 6.23. The number of hydrogen-bond acceptors (Lipinski definition) is 10. The standard InChI is InChI=1S/C29H36ClN7O3/c1-20-8-9-23(16-21(20)2)39-14-15-40-26-24(30)17-22(18-25(26)38-3)19-31-35-27-32-28(36-10-4-5-11-36)34-29(33-27)37-12-6-7-13-37/h8-9,16-19H,4-7,10-15H2,1-3H3,(H,32,33,34,35). The molecule has 0 saturated carbocycles. The molecule has 10 nitrogen and oxygen atoms in total. The zero-order valence-corrected chi connectivity index (χ0v) is 24.1. The van der Waals surface area contributed by atoms with Gasteiger partial charge in [-0.05, 0) is 80.5 Å². The fourth-order valence-electron chi connectivity index (χ4n) is 4.75. The molecule has 40 heavy (non-hydrogen) atoms. The first-order valence-electron chi connectivity index (χ1n) is 13.8. The molecule has 0 bridgehead atoms. The maximum atomic E-state index is 6.56. The van der Waals surface area contributed by atoms with Gasteiger partial charge in [0.15, 0.2) is 11.5 Å². The van der Waals surface area contributed by atoms with Gasteiger partial charge < -0.3 is 24.0 Å². The molecule has 5 rings (SSSR count). The number of rotatable bonds is 11. The second kappa shape index (κ2) is 13.0. The van der Waals surface area contributed by atoms with E-state index in [1.165, 1.54) is 11.1 Å². The number of aromatic nitrogens is 3. The van der Waals surface area contributed by atoms with Crippen LogP contribution in [0.4, 0.5) is 17.8 Å². The lowest BCUT2D eigenvalue weighted by Gasteiger charge is -2.20. The number of hydrazone groups is 1. The number of aryl methyl sites for hydroxylation is 2. The Hall–Kier alpha value is -3.79. The maximum absolute atomic E-state index is 6.56. The van der Waals surface area contributed by atoms with Crippen molar-refractivity contribution in [2.75, 3.05) is 61.7 Å². The second-order valence-electron chi connectivity index (χ2n) is 9.99. The van der Waals surface area contributed by atoms with Crippen molar-refractivity contribution < 1.29 is 14.2 Å². The van der Waals surface area contributed by atoms with Gasteiger partial charge in [0.2, 0.25) is 17.8 Å². The molecule has 2 aromatic carbocycles. The minimum atomic E-state index is 0.316. The zero-order chi connectivity index (χ0) is 27.9. The highest BCUT2D eigenvalue weighted by molar-refractivity contribution is 6.32. The van der Waals surface area contributed by atoms with E-state index in [0.717, 1.165) is 63.2 Å². The van der Waals surface area contributed by atoms with Crippen LogP contribution in [0.3, 0.4) is 0 Å². The van der Waals surface area contributed by atoms with Gasteiger partial charge in [-0.15, -0.1) is 0 Å². The number of benzene rings is 2. The summed E-state index contributed by atoms with van der Waals surface area (Å²) in [5.41, 5.74) is 6.13. The molecule has 2 aliphatic rings. The van der Waals surface area contributed by atoms with Crippen molar-refractivity contribution in [2.45, 2.75) is 39.5 Å². The van der Waals surface area contributed by atoms with Crippen molar-refractivity contribution in [1.29, 1.82) is 0 Å². The summed E-state index contributed by atoms with van der Waals surface area (Å²) in [5.74, 6) is 3.58. The largest absolute Gasteiger partial charge is 0.493 e. The van der Waals surface area contributed by atoms with E-state index in [0.29, 0.717) is 47.6 Å². The van der Waals surface area contributed by atoms with Crippen molar-refractivity contribution in [3.63, 3.8) is 0 Å². The SMILES string of the molecule is COc1cc(C=NNc2nc(N3CCCC3)nc(N3CCCC3)n2)cc(Cl)c1OCCOc1ccc(C)c(C)c1. The van der Waals surface area contributed by atoms with E-state index in [4.69, 9.17) is 30.8 Å². The average molecular weight is 566 g/mol. The highest BCUT2D eigenvalue weighted by Crippen LogP contribution is 2.36. The van der Waals surface area contributed by atoms with Gasteiger partial charge in [0.05, 0.1) is 18.3 Å². The van der Waals surface area contributed by atoms with E-state index >= 15 is 0 Å². The van der Waals surface area contributed by atoms with Crippen molar-refractivity contribution in [2.24, 2.45) is 5.10 Å². The average Bonchev–Trinajstić information content (AvgIpc) is 3.69. The summed E-state index contributed by atoms with van der Waals surface area (Å²) in [4.78, 5) is 18.4. The van der Waals surface area contributed by atoms with Gasteiger partial charge in [0, 0.05) is 26.2 Å². The Morgan fingerprint density at radius 2 is 1.52 bits per heavy atom. The summed E-state index contributed by atoms with van der Waals surface area (Å²) < 4.78 is 17.3. The van der Waals surface area contributed by atoms with Crippen LogP contribution in [0.15, 0.2) is 35.4 Å². The van der Waals surface area contributed by atoms with Crippen LogP contribution in [0, 0.1) is 13.8 Å². The topological polar surface area (TPSA) is 97.2 Å². The van der Waals surface area contributed by atoms with Gasteiger partial charge in [-0.1, -0.05) is 17.7 Å². The van der Waals surface area contributed by atoms with Crippen molar-refractivity contribution >= 4 is 35.7 Å². The summed E-state index contributed by atoms with van der Waals surface area (Å²) in [5, 5.41) is 4.79. The molecule has 212 valence electrons. The second-order valence-corrected chi connectivity index (χ2v) is 10.4. The highest BCUT2D eigenvalue weighted by atomic mass is 35.5. The summed E-state index contributed by atoms with van der Waals surface area (Å²) in [6, 6.07) is 9.60. The Labute approximate surface area is 240 Å². The van der Waals surface area contributed by atoms with Crippen LogP contribution in [-0.4, -0.2) is 67.7 Å². The number of methoxy groups -OCH3 is 1. The van der Waals surface area contributed by atoms with Crippen LogP contribution in [0.25, 0.3) is 0 Å². The minimum Gasteiger partial charge on any atom is -0.493 e. The molecule has 0 radical (unpaired) electrons. The third-order valence-electron chi connectivity index (χ3n) is 7.10. The Morgan fingerprint density at radius 1 is 0.875 bits per heavy atom. The summed E-state index contributed by atoms with van der Waals surface area (Å²) in [6.45, 7) is 8.65. The predicted octanol–water partition coefficient (Wildman–Crippen LogP) is 5.25. The fraction of sp³-hybridized carbons (Fsp3) is 0.448. The normalized spacial score (nSPS) is 15.2. The Bertz CT molecular complexity index is 1310. The number of ether oxygens (including phenoxy) is 3. The van der Waals surface area contributed by atoms with E-state index in [2.05, 4.69) is 44.1 Å². The molecule has 2 saturated heterocycles. The predicted molar refractivity (Wildman–Crippen MR) is 159 cm³/mol. The molecule has 3 heterocycles. The molecular formula is C29H36ClN7O3. The quantitative estimate of drug-likeness (QED) is 0.190. The smallest absolute Gasteiger partial charge is 0.250 e. The number of nitrogens with zero attached hydrogens (tertiary/aromatic N) is 6. The third-order valence-corrected chi connectivity index (χ3v) is 7.38. The lowest BCUT2D eigenvalue weighted by molar-refractivity contribution is 0.211. The van der Waals surface area contributed by atoms with Crippen LogP contribution < -0.4 is 29.4 Å². The van der Waals surface area contributed by atoms with Gasteiger partial charge >= 0.3 is 0 Å². The summed E-state index contributed by atoms with van der Waals surface area (Å²) >= 11 is 6.56. The van der Waals surface area contributed by atoms with Gasteiger partial charge in [-0.2, -0.15) is 20.1 Å². The van der Waals surface area contributed by atoms with Crippen LogP contribution >= 0.6 is 11.6 Å². The number of halogens is 1. The number of anilines is 3. The van der Waals surface area contributed by atoms with Crippen LogP contribution in [-0.2, 0) is 0 Å². The molecule has 0 atom stereocenters. The monoisotopic (exact) mass is 565 g/mol. The summed E-state index contributed by atoms with van der Waals surface area (Å²) in [7, 11) is 1.58. The lowest BCUT2D eigenvalue weighted by atomic mass is 10.1. The molecule has 1 N–H and O–H groups in total. The van der Waals surface area contributed by atoms with E-state index in [-0.39, 0.29) is 0 Å². The number of hydrogen-bond donors (Lipinski definition) is 1. The molecule has 1 aromatic heterocycles. The molecule has 0 aliphatic carbocycles. The molecular weight excluding hydrogens is 530 g/mol. The first kappa shape index (κ1) is 27.8. The molecule has 3 aromatic rings. The Balaban J connectivity index is 1.23. The fourth-order valence-corrected chi connectivity index (χ4v) is 5.02. The first-order valence-corrected chi connectivity index (χ1v) is 14.1. The van der Waals surface area contributed by atoms with Gasteiger partial charge in [-0.3, -0.25) is 0 Å². The molecule has 0 unspecified atom stereocenters. The Morgan fingerprint density at radius 3 is 2.15 bits per heavy atom. The van der Waals surface area contributed by atoms with E-state index in [9.17, 15) is 0 Å². The van der Waals surface area contributed by atoms with Crippen LogP contribution in [0.5, 0.6) is 17.2 Å². The molecule has 0 spiro atoms. The molecule has 2 fully saturated rings. The van der Waals surface area contributed by atoms with Crippen molar-refractivity contribution in [3.8, 4) is 17.2 Å². The van der Waals surface area contributed by atoms with Gasteiger partial charge in [0.25, 0.3) is 0 Å². The van der Waals surface area contributed by atoms with Gasteiger partial charge in [-0.25, -0.2) is 5.43 Å². The van der Waals surface area contributed by atoms with Gasteiger partial charge in [0.1, 0.15) is 19.0 Å². The lowest BCUT2D eigenvalue weighted by Crippen LogP contribution is -2.25. The molecule has 0 amide bonds. The molecule has 2 aliphatic heterocycles. The maximum Gasteiger partial charge on any atom is 0.250 e. The molecule has 11 heteroatoms. The number of nitrogens with one attached hydrogen (secondary N) is 1. The first-order chi connectivity index (χ1) is 19.5. The van der Waals surface area contributed by atoms with Crippen molar-refractivity contribution in [1.82, 2.24) is 15.0 Å². The van der Waals surface area contributed by atoms with Crippen molar-refractivity contribution in [3.05, 3.63) is 52.0 Å². The highest BCUT2D eigenvalue weighted by Gasteiger charge is 2.21. The Kier molecular flexibility index (Phi) is 9.05. The van der Waals surface area contributed by atoms with E-state index < -0.39 is 0 Å². The van der Waals surface area contributed by atoms with Crippen LogP contribution in [0.1, 0.15) is 42.4 Å². The van der Waals surface area contributed by atoms with E-state index in [1.54, 1.807) is 19.4 Å². The van der Waals surface area contributed by atoms with Crippen LogP contribution in [0.2, 0.25) is 5.02 Å². The van der Waals surface area contributed by atoms with E-state index in [1.807, 2.05) is 24.3 Å². The zero-order valence-electron chi connectivity index (χ0n) is 23.3. The third kappa shape index (κ3) is 6.85. The minimum absolute atomic E-state index is 0.316.